The van der Waals surface area contributed by atoms with Crippen molar-refractivity contribution in [1.82, 2.24) is 4.90 Å². The number of nitrogens with zero attached hydrogens (tertiary/aromatic N) is 1. The van der Waals surface area contributed by atoms with Gasteiger partial charge in [-0.3, -0.25) is 4.79 Å². The Morgan fingerprint density at radius 1 is 1.03 bits per heavy atom. The van der Waals surface area contributed by atoms with Gasteiger partial charge in [0.05, 0.1) is 11.6 Å². The van der Waals surface area contributed by atoms with Gasteiger partial charge in [0.15, 0.2) is 0 Å². The predicted octanol–water partition coefficient (Wildman–Crippen LogP) is 7.41. The minimum Gasteiger partial charge on any atom is -0.481 e. The third-order valence-corrected chi connectivity index (χ3v) is 7.48. The van der Waals surface area contributed by atoms with Crippen molar-refractivity contribution in [3.8, 4) is 0 Å². The van der Waals surface area contributed by atoms with E-state index in [2.05, 4.69) is 0 Å². The standard InChI is InChI=1S/C26H26F3NO4S2/c1-18(22-13-5-10-20-9-2-3-12-23(20)22)30(25(33)34-17-36-35-16-24(31)32)14-6-8-19-7-4-11-21(15-19)26(27,28)29/h2-5,7,9-13,15,18H,6,8,14,16-17H2,1H3,(H,31,32)/t18-/m1/s1. The zero-order valence-corrected chi connectivity index (χ0v) is 21.2. The molecule has 0 radical (unpaired) electrons. The first-order valence-corrected chi connectivity index (χ1v) is 13.7. The van der Waals surface area contributed by atoms with Crippen LogP contribution in [0, 0.1) is 0 Å². The lowest BCUT2D eigenvalue weighted by atomic mass is 9.98. The number of amides is 1. The maximum Gasteiger partial charge on any atom is 0.416 e. The Kier molecular flexibility index (Phi) is 9.95. The van der Waals surface area contributed by atoms with Gasteiger partial charge in [-0.05, 0) is 47.7 Å². The van der Waals surface area contributed by atoms with Crippen LogP contribution in [0.25, 0.3) is 10.8 Å². The number of aliphatic carboxylic acids is 1. The maximum atomic E-state index is 13.1. The Balaban J connectivity index is 1.73. The number of carboxylic acid groups (broad SMARTS) is 1. The summed E-state index contributed by atoms with van der Waals surface area (Å²) in [6, 6.07) is 18.5. The molecule has 10 heteroatoms. The van der Waals surface area contributed by atoms with Crippen LogP contribution in [-0.2, 0) is 22.1 Å². The Morgan fingerprint density at radius 3 is 2.50 bits per heavy atom. The minimum atomic E-state index is -4.41. The second-order valence-corrected chi connectivity index (χ2v) is 10.5. The van der Waals surface area contributed by atoms with E-state index in [9.17, 15) is 22.8 Å². The predicted molar refractivity (Wildman–Crippen MR) is 138 cm³/mol. The third kappa shape index (κ3) is 7.83. The van der Waals surface area contributed by atoms with Crippen LogP contribution in [-0.4, -0.2) is 40.3 Å². The summed E-state index contributed by atoms with van der Waals surface area (Å²) < 4.78 is 44.6. The van der Waals surface area contributed by atoms with Crippen LogP contribution in [0.1, 0.15) is 36.1 Å². The van der Waals surface area contributed by atoms with E-state index in [1.165, 1.54) is 6.07 Å². The molecule has 0 spiro atoms. The SMILES string of the molecule is C[C@H](c1cccc2ccccc12)N(CCCc1cccc(C(F)(F)F)c1)C(=O)OCSSCC(=O)O. The molecular weight excluding hydrogens is 511 g/mol. The highest BCUT2D eigenvalue weighted by Crippen LogP contribution is 2.31. The van der Waals surface area contributed by atoms with E-state index in [-0.39, 0.29) is 24.3 Å². The molecule has 0 heterocycles. The molecule has 0 fully saturated rings. The summed E-state index contributed by atoms with van der Waals surface area (Å²) in [5.41, 5.74) is 0.768. The molecule has 1 amide bonds. The van der Waals surface area contributed by atoms with E-state index in [1.807, 2.05) is 49.4 Å². The molecule has 0 aromatic heterocycles. The highest BCUT2D eigenvalue weighted by Gasteiger charge is 2.30. The fourth-order valence-electron chi connectivity index (χ4n) is 3.87. The summed E-state index contributed by atoms with van der Waals surface area (Å²) in [4.78, 5) is 25.3. The van der Waals surface area contributed by atoms with E-state index in [0.717, 1.165) is 50.1 Å². The number of halogens is 3. The summed E-state index contributed by atoms with van der Waals surface area (Å²) in [5, 5.41) is 10.8. The van der Waals surface area contributed by atoms with Crippen molar-refractivity contribution in [3.05, 3.63) is 83.4 Å². The molecule has 0 aliphatic carbocycles. The topological polar surface area (TPSA) is 66.8 Å². The number of carbonyl (C=O) groups is 2. The van der Waals surface area contributed by atoms with E-state index < -0.39 is 23.8 Å². The highest BCUT2D eigenvalue weighted by molar-refractivity contribution is 8.76. The lowest BCUT2D eigenvalue weighted by Gasteiger charge is -2.29. The van der Waals surface area contributed by atoms with Crippen LogP contribution in [0.5, 0.6) is 0 Å². The van der Waals surface area contributed by atoms with Crippen molar-refractivity contribution in [2.45, 2.75) is 32.0 Å². The third-order valence-electron chi connectivity index (χ3n) is 5.59. The van der Waals surface area contributed by atoms with Gasteiger partial charge in [-0.2, -0.15) is 13.2 Å². The fraction of sp³-hybridized carbons (Fsp3) is 0.308. The number of carbonyl (C=O) groups excluding carboxylic acids is 1. The van der Waals surface area contributed by atoms with Crippen LogP contribution >= 0.6 is 21.6 Å². The van der Waals surface area contributed by atoms with Crippen LogP contribution < -0.4 is 0 Å². The molecule has 3 aromatic carbocycles. The number of hydrogen-bond acceptors (Lipinski definition) is 5. The Hall–Kier alpha value is -2.85. The lowest BCUT2D eigenvalue weighted by molar-refractivity contribution is -0.137. The zero-order chi connectivity index (χ0) is 26.1. The monoisotopic (exact) mass is 537 g/mol. The molecule has 0 aliphatic rings. The largest absolute Gasteiger partial charge is 0.481 e. The van der Waals surface area contributed by atoms with Gasteiger partial charge in [0.1, 0.15) is 11.7 Å². The van der Waals surface area contributed by atoms with Crippen molar-refractivity contribution in [2.24, 2.45) is 0 Å². The van der Waals surface area contributed by atoms with Crippen molar-refractivity contribution in [1.29, 1.82) is 0 Å². The number of alkyl halides is 3. The van der Waals surface area contributed by atoms with Gasteiger partial charge in [-0.15, -0.1) is 0 Å². The van der Waals surface area contributed by atoms with E-state index in [4.69, 9.17) is 9.84 Å². The van der Waals surface area contributed by atoms with E-state index >= 15 is 0 Å². The summed E-state index contributed by atoms with van der Waals surface area (Å²) in [6.45, 7) is 2.16. The quantitative estimate of drug-likeness (QED) is 0.156. The molecule has 0 aliphatic heterocycles. The van der Waals surface area contributed by atoms with E-state index in [1.54, 1.807) is 11.0 Å². The normalized spacial score (nSPS) is 12.3. The smallest absolute Gasteiger partial charge is 0.416 e. The second-order valence-electron chi connectivity index (χ2n) is 8.04. The van der Waals surface area contributed by atoms with Crippen molar-refractivity contribution < 1.29 is 32.6 Å². The molecule has 5 nitrogen and oxygen atoms in total. The molecule has 192 valence electrons. The van der Waals surface area contributed by atoms with Gasteiger partial charge in [0.2, 0.25) is 0 Å². The number of ether oxygens (including phenoxy) is 1. The van der Waals surface area contributed by atoms with Crippen molar-refractivity contribution in [2.75, 3.05) is 18.2 Å². The average molecular weight is 538 g/mol. The summed E-state index contributed by atoms with van der Waals surface area (Å²) >= 11 is 0. The maximum absolute atomic E-state index is 13.1. The first-order valence-electron chi connectivity index (χ1n) is 11.2. The molecular formula is C26H26F3NO4S2. The molecule has 0 saturated heterocycles. The number of carboxylic acids is 1. The van der Waals surface area contributed by atoms with Crippen LogP contribution in [0.3, 0.4) is 0 Å². The minimum absolute atomic E-state index is 0.0246. The molecule has 3 aromatic rings. The van der Waals surface area contributed by atoms with Crippen molar-refractivity contribution >= 4 is 44.4 Å². The first kappa shape index (κ1) is 27.7. The summed E-state index contributed by atoms with van der Waals surface area (Å²) in [7, 11) is 2.19. The Labute approximate surface area is 215 Å². The van der Waals surface area contributed by atoms with Crippen LogP contribution in [0.15, 0.2) is 66.7 Å². The van der Waals surface area contributed by atoms with Gasteiger partial charge < -0.3 is 14.7 Å². The number of benzene rings is 3. The van der Waals surface area contributed by atoms with Crippen molar-refractivity contribution in [3.63, 3.8) is 0 Å². The second kappa shape index (κ2) is 12.9. The van der Waals surface area contributed by atoms with Crippen LogP contribution in [0.4, 0.5) is 18.0 Å². The fourth-order valence-corrected chi connectivity index (χ4v) is 5.17. The molecule has 0 saturated carbocycles. The van der Waals surface area contributed by atoms with Gasteiger partial charge in [-0.25, -0.2) is 4.79 Å². The molecule has 0 unspecified atom stereocenters. The summed E-state index contributed by atoms with van der Waals surface area (Å²) in [6.07, 6.45) is -4.18. The molecule has 1 N–H and O–H groups in total. The van der Waals surface area contributed by atoms with Gasteiger partial charge in [-0.1, -0.05) is 82.3 Å². The van der Waals surface area contributed by atoms with Crippen LogP contribution in [0.2, 0.25) is 0 Å². The number of aryl methyl sites for hydroxylation is 1. The van der Waals surface area contributed by atoms with Gasteiger partial charge in [0, 0.05) is 6.54 Å². The lowest BCUT2D eigenvalue weighted by Crippen LogP contribution is -2.35. The summed E-state index contributed by atoms with van der Waals surface area (Å²) in [5.74, 6) is -1.10. The first-order chi connectivity index (χ1) is 17.2. The molecule has 1 atom stereocenters. The Morgan fingerprint density at radius 2 is 1.75 bits per heavy atom. The number of rotatable bonds is 11. The van der Waals surface area contributed by atoms with Gasteiger partial charge in [0.25, 0.3) is 0 Å². The molecule has 0 bridgehead atoms. The highest BCUT2D eigenvalue weighted by atomic mass is 33.1. The number of fused-ring (bicyclic) bond motifs is 1. The Bertz CT molecular complexity index is 1180. The molecule has 36 heavy (non-hydrogen) atoms. The zero-order valence-electron chi connectivity index (χ0n) is 19.5. The number of hydrogen-bond donors (Lipinski definition) is 1. The van der Waals surface area contributed by atoms with E-state index in [0.29, 0.717) is 18.4 Å². The van der Waals surface area contributed by atoms with Gasteiger partial charge >= 0.3 is 18.2 Å². The average Bonchev–Trinajstić information content (AvgIpc) is 2.85. The molecule has 3 rings (SSSR count).